The highest BCUT2D eigenvalue weighted by Gasteiger charge is 2.10. The van der Waals surface area contributed by atoms with Crippen LogP contribution in [-0.4, -0.2) is 41.6 Å². The van der Waals surface area contributed by atoms with Crippen molar-refractivity contribution in [2.45, 2.75) is 13.5 Å². The number of thioether (sulfide) groups is 1. The van der Waals surface area contributed by atoms with Gasteiger partial charge < -0.3 is 19.3 Å². The number of ether oxygens (including phenoxy) is 2. The second-order valence-electron chi connectivity index (χ2n) is 5.22. The van der Waals surface area contributed by atoms with Gasteiger partial charge in [0.1, 0.15) is 12.4 Å². The van der Waals surface area contributed by atoms with Crippen molar-refractivity contribution in [3.8, 4) is 0 Å². The molecular formula is C17H18N2O6S. The number of carbonyl (C=O) groups excluding carboxylic acids is 3. The molecular weight excluding hydrogens is 360 g/mol. The van der Waals surface area contributed by atoms with E-state index in [1.807, 2.05) is 0 Å². The number of aromatic nitrogens is 1. The van der Waals surface area contributed by atoms with Gasteiger partial charge in [-0.1, -0.05) is 17.3 Å². The summed E-state index contributed by atoms with van der Waals surface area (Å²) in [6.07, 6.45) is 0. The van der Waals surface area contributed by atoms with Crippen molar-refractivity contribution in [2.24, 2.45) is 0 Å². The molecule has 1 heterocycles. The summed E-state index contributed by atoms with van der Waals surface area (Å²) >= 11 is 1.12. The van der Waals surface area contributed by atoms with Gasteiger partial charge in [-0.25, -0.2) is 4.79 Å². The molecule has 2 rings (SSSR count). The molecule has 0 aliphatic heterocycles. The Morgan fingerprint density at radius 1 is 1.23 bits per heavy atom. The summed E-state index contributed by atoms with van der Waals surface area (Å²) in [6.45, 7) is 1.75. The normalized spacial score (nSPS) is 10.2. The van der Waals surface area contributed by atoms with Gasteiger partial charge in [0, 0.05) is 6.07 Å². The fraction of sp³-hybridized carbons (Fsp3) is 0.294. The second-order valence-corrected chi connectivity index (χ2v) is 6.20. The molecule has 0 spiro atoms. The fourth-order valence-electron chi connectivity index (χ4n) is 1.94. The van der Waals surface area contributed by atoms with Crippen LogP contribution in [-0.2, 0) is 25.7 Å². The number of amides is 1. The molecule has 0 saturated heterocycles. The maximum Gasteiger partial charge on any atom is 0.337 e. The monoisotopic (exact) mass is 378 g/mol. The van der Waals surface area contributed by atoms with Crippen LogP contribution in [0.4, 0.5) is 5.82 Å². The van der Waals surface area contributed by atoms with Crippen LogP contribution in [0.1, 0.15) is 21.7 Å². The highest BCUT2D eigenvalue weighted by Crippen LogP contribution is 2.10. The first-order valence-electron chi connectivity index (χ1n) is 7.61. The number of hydrogen-bond acceptors (Lipinski definition) is 8. The first-order chi connectivity index (χ1) is 12.5. The maximum absolute atomic E-state index is 11.7. The number of hydrogen-bond donors (Lipinski definition) is 1. The first kappa shape index (κ1) is 19.5. The second kappa shape index (κ2) is 9.62. The van der Waals surface area contributed by atoms with Crippen molar-refractivity contribution in [1.29, 1.82) is 0 Å². The van der Waals surface area contributed by atoms with Crippen molar-refractivity contribution in [3.63, 3.8) is 0 Å². The highest BCUT2D eigenvalue weighted by molar-refractivity contribution is 8.00. The average Bonchev–Trinajstić information content (AvgIpc) is 3.04. The zero-order chi connectivity index (χ0) is 18.9. The zero-order valence-electron chi connectivity index (χ0n) is 14.3. The van der Waals surface area contributed by atoms with Crippen molar-refractivity contribution in [2.75, 3.05) is 23.9 Å². The highest BCUT2D eigenvalue weighted by atomic mass is 32.2. The Morgan fingerprint density at radius 2 is 2.04 bits per heavy atom. The van der Waals surface area contributed by atoms with E-state index in [4.69, 9.17) is 9.26 Å². The van der Waals surface area contributed by atoms with Crippen LogP contribution in [0, 0.1) is 6.92 Å². The summed E-state index contributed by atoms with van der Waals surface area (Å²) in [6, 6.07) is 8.22. The summed E-state index contributed by atoms with van der Waals surface area (Å²) in [5.41, 5.74) is 1.06. The summed E-state index contributed by atoms with van der Waals surface area (Å²) in [5, 5.41) is 6.20. The third-order valence-electron chi connectivity index (χ3n) is 3.10. The Hall–Kier alpha value is -2.81. The van der Waals surface area contributed by atoms with Gasteiger partial charge in [-0.15, -0.1) is 11.8 Å². The largest absolute Gasteiger partial charge is 0.465 e. The van der Waals surface area contributed by atoms with E-state index in [-0.39, 0.29) is 24.0 Å². The molecule has 1 N–H and O–H groups in total. The third-order valence-corrected chi connectivity index (χ3v) is 4.00. The number of esters is 2. The van der Waals surface area contributed by atoms with Gasteiger partial charge in [-0.2, -0.15) is 0 Å². The van der Waals surface area contributed by atoms with E-state index >= 15 is 0 Å². The molecule has 0 fully saturated rings. The molecule has 1 amide bonds. The molecule has 0 bridgehead atoms. The van der Waals surface area contributed by atoms with E-state index in [1.165, 1.54) is 7.11 Å². The molecule has 0 saturated carbocycles. The predicted molar refractivity (Wildman–Crippen MR) is 94.8 cm³/mol. The van der Waals surface area contributed by atoms with Gasteiger partial charge in [0.25, 0.3) is 0 Å². The average molecular weight is 378 g/mol. The zero-order valence-corrected chi connectivity index (χ0v) is 15.1. The molecule has 0 aliphatic rings. The van der Waals surface area contributed by atoms with E-state index in [9.17, 15) is 14.4 Å². The number of methoxy groups -OCH3 is 1. The minimum atomic E-state index is -0.456. The fourth-order valence-corrected chi connectivity index (χ4v) is 2.55. The topological polar surface area (TPSA) is 108 Å². The van der Waals surface area contributed by atoms with E-state index in [0.717, 1.165) is 11.8 Å². The molecule has 0 aliphatic carbocycles. The SMILES string of the molecule is COC(=O)c1cccc(COC(=O)CSCC(=O)Nc2cc(C)on2)c1. The summed E-state index contributed by atoms with van der Waals surface area (Å²) in [4.78, 5) is 34.9. The number of nitrogens with one attached hydrogen (secondary N) is 1. The minimum absolute atomic E-state index is 0.0297. The Bertz CT molecular complexity index is 789. The van der Waals surface area contributed by atoms with E-state index in [1.54, 1.807) is 37.3 Å². The molecule has 8 nitrogen and oxygen atoms in total. The van der Waals surface area contributed by atoms with E-state index in [2.05, 4.69) is 15.2 Å². The maximum atomic E-state index is 11.7. The van der Waals surface area contributed by atoms with Gasteiger partial charge in [0.05, 0.1) is 24.2 Å². The quantitative estimate of drug-likeness (QED) is 0.697. The number of benzene rings is 1. The molecule has 0 radical (unpaired) electrons. The first-order valence-corrected chi connectivity index (χ1v) is 8.77. The molecule has 26 heavy (non-hydrogen) atoms. The van der Waals surface area contributed by atoms with E-state index < -0.39 is 11.9 Å². The van der Waals surface area contributed by atoms with Crippen molar-refractivity contribution < 1.29 is 28.4 Å². The smallest absolute Gasteiger partial charge is 0.337 e. The van der Waals surface area contributed by atoms with Crippen LogP contribution in [0.3, 0.4) is 0 Å². The minimum Gasteiger partial charge on any atom is -0.465 e. The van der Waals surface area contributed by atoms with Crippen LogP contribution < -0.4 is 5.32 Å². The van der Waals surface area contributed by atoms with Crippen LogP contribution in [0.25, 0.3) is 0 Å². The Labute approximate surface area is 154 Å². The Balaban J connectivity index is 1.69. The summed E-state index contributed by atoms with van der Waals surface area (Å²) < 4.78 is 14.6. The number of anilines is 1. The number of aryl methyl sites for hydroxylation is 1. The van der Waals surface area contributed by atoms with Gasteiger partial charge >= 0.3 is 11.9 Å². The Morgan fingerprint density at radius 3 is 2.73 bits per heavy atom. The lowest BCUT2D eigenvalue weighted by atomic mass is 10.1. The molecule has 9 heteroatoms. The number of carbonyl (C=O) groups is 3. The van der Waals surface area contributed by atoms with Gasteiger partial charge in [-0.3, -0.25) is 9.59 Å². The van der Waals surface area contributed by atoms with Crippen molar-refractivity contribution in [3.05, 3.63) is 47.2 Å². The Kier molecular flexibility index (Phi) is 7.22. The molecule has 2 aromatic rings. The van der Waals surface area contributed by atoms with Gasteiger partial charge in [0.2, 0.25) is 5.91 Å². The lowest BCUT2D eigenvalue weighted by molar-refractivity contribution is -0.141. The molecule has 0 unspecified atom stereocenters. The van der Waals surface area contributed by atoms with Crippen LogP contribution >= 0.6 is 11.8 Å². The van der Waals surface area contributed by atoms with Crippen molar-refractivity contribution in [1.82, 2.24) is 5.16 Å². The number of rotatable bonds is 8. The number of nitrogens with zero attached hydrogens (tertiary/aromatic N) is 1. The lowest BCUT2D eigenvalue weighted by Gasteiger charge is -2.06. The molecule has 1 aromatic carbocycles. The van der Waals surface area contributed by atoms with Gasteiger partial charge in [-0.05, 0) is 24.6 Å². The van der Waals surface area contributed by atoms with Gasteiger partial charge in [0.15, 0.2) is 5.82 Å². The standard InChI is InChI=1S/C17H18N2O6S/c1-11-6-14(19-25-11)18-15(20)9-26-10-16(21)24-8-12-4-3-5-13(7-12)17(22)23-2/h3-7H,8-10H2,1-2H3,(H,18,19,20). The lowest BCUT2D eigenvalue weighted by Crippen LogP contribution is -2.16. The molecule has 1 aromatic heterocycles. The van der Waals surface area contributed by atoms with Crippen molar-refractivity contribution >= 4 is 35.4 Å². The molecule has 138 valence electrons. The van der Waals surface area contributed by atoms with Crippen LogP contribution in [0.15, 0.2) is 34.9 Å². The third kappa shape index (κ3) is 6.25. The summed E-state index contributed by atoms with van der Waals surface area (Å²) in [7, 11) is 1.30. The van der Waals surface area contributed by atoms with E-state index in [0.29, 0.717) is 22.7 Å². The summed E-state index contributed by atoms with van der Waals surface area (Å²) in [5.74, 6) is -0.165. The predicted octanol–water partition coefficient (Wildman–Crippen LogP) is 2.18. The van der Waals surface area contributed by atoms with Crippen LogP contribution in [0.5, 0.6) is 0 Å². The van der Waals surface area contributed by atoms with Crippen LogP contribution in [0.2, 0.25) is 0 Å². The molecule has 0 atom stereocenters.